The molecule has 0 bridgehead atoms. The lowest BCUT2D eigenvalue weighted by molar-refractivity contribution is 1.16. The predicted octanol–water partition coefficient (Wildman–Crippen LogP) is 8.97. The fraction of sp³-hybridized carbons (Fsp3) is 0.0870. The number of aromatic nitrogens is 4. The van der Waals surface area contributed by atoms with Crippen LogP contribution in [0.25, 0.3) is 33.0 Å². The van der Waals surface area contributed by atoms with Crippen LogP contribution < -0.4 is 30.5 Å². The van der Waals surface area contributed by atoms with Gasteiger partial charge >= 0.3 is 0 Å². The van der Waals surface area contributed by atoms with Crippen LogP contribution in [0.2, 0.25) is 26.2 Å². The molecule has 0 spiro atoms. The Labute approximate surface area is 317 Å². The Kier molecular flexibility index (Phi) is 7.30. The third-order valence-electron chi connectivity index (χ3n) is 11.4. The summed E-state index contributed by atoms with van der Waals surface area (Å²) < 4.78 is 0. The van der Waals surface area contributed by atoms with Gasteiger partial charge in [-0.05, 0) is 127 Å². The molecule has 0 atom stereocenters. The molecule has 54 heavy (non-hydrogen) atoms. The minimum atomic E-state index is -2.26. The van der Waals surface area contributed by atoms with Crippen molar-refractivity contribution in [3.8, 4) is 22.3 Å². The van der Waals surface area contributed by atoms with Crippen molar-refractivity contribution in [1.29, 1.82) is 0 Å². The largest absolute Gasteiger partial charge is 0.293 e. The van der Waals surface area contributed by atoms with Gasteiger partial charge < -0.3 is 0 Å². The van der Waals surface area contributed by atoms with Crippen molar-refractivity contribution in [2.75, 3.05) is 9.80 Å². The molecular formula is C46H38N6Si2. The SMILES string of the molecule is C[Si]1(C)c2cc(N(c3cccnc3)c3ccccn3)ccc2-c2c1c1c(c3ccccc23)-c2ccc(N(c3cccnc3)c3ccccn3)cc2[Si]1(C)C. The minimum absolute atomic E-state index is 0.873. The average Bonchev–Trinajstić information content (AvgIpc) is 3.59. The van der Waals surface area contributed by atoms with E-state index in [0.717, 1.165) is 34.4 Å². The first-order chi connectivity index (χ1) is 26.3. The maximum absolute atomic E-state index is 4.79. The minimum Gasteiger partial charge on any atom is -0.293 e. The molecule has 260 valence electrons. The maximum Gasteiger partial charge on any atom is 0.137 e. The van der Waals surface area contributed by atoms with Gasteiger partial charge in [0.15, 0.2) is 0 Å². The van der Waals surface area contributed by atoms with E-state index in [-0.39, 0.29) is 0 Å². The van der Waals surface area contributed by atoms with Gasteiger partial charge in [0.1, 0.15) is 27.8 Å². The Bertz CT molecular complexity index is 2450. The molecule has 6 heterocycles. The molecule has 0 aliphatic carbocycles. The van der Waals surface area contributed by atoms with Gasteiger partial charge in [0.2, 0.25) is 0 Å². The molecule has 10 rings (SSSR count). The standard InChI is InChI=1S/C46H38N6Si2/c1-53(2)39-27-31(51(33-13-11-23-47-29-33)41-17-7-9-25-49-41)19-21-37(39)43-35-15-5-6-16-36(35)44-38-22-20-32(28-40(38)54(3,4)46(44)45(43)53)52(34-14-12-24-48-30-34)42-18-8-10-26-50-42/h5-30H,1-4H3. The molecule has 2 aliphatic rings. The van der Waals surface area contributed by atoms with Crippen molar-refractivity contribution in [3.05, 3.63) is 159 Å². The lowest BCUT2D eigenvalue weighted by Crippen LogP contribution is -2.63. The van der Waals surface area contributed by atoms with E-state index in [0.29, 0.717) is 0 Å². The van der Waals surface area contributed by atoms with Crippen LogP contribution in [0.15, 0.2) is 159 Å². The van der Waals surface area contributed by atoms with Crippen LogP contribution in [0.5, 0.6) is 0 Å². The summed E-state index contributed by atoms with van der Waals surface area (Å²) in [4.78, 5) is 23.0. The lowest BCUT2D eigenvalue weighted by Gasteiger charge is -2.30. The number of hydrogen-bond acceptors (Lipinski definition) is 6. The quantitative estimate of drug-likeness (QED) is 0.159. The number of nitrogens with zero attached hydrogens (tertiary/aromatic N) is 6. The molecule has 6 nitrogen and oxygen atoms in total. The number of anilines is 6. The van der Waals surface area contributed by atoms with E-state index >= 15 is 0 Å². The molecule has 0 fully saturated rings. The van der Waals surface area contributed by atoms with E-state index in [1.807, 2.05) is 73.6 Å². The van der Waals surface area contributed by atoms with E-state index in [2.05, 4.69) is 131 Å². The fourth-order valence-corrected chi connectivity index (χ4v) is 17.6. The lowest BCUT2D eigenvalue weighted by atomic mass is 9.92. The zero-order chi connectivity index (χ0) is 36.6. The molecule has 0 radical (unpaired) electrons. The Hall–Kier alpha value is -6.23. The van der Waals surface area contributed by atoms with Crippen LogP contribution in [-0.4, -0.2) is 36.1 Å². The molecule has 8 aromatic rings. The fourth-order valence-electron chi connectivity index (χ4n) is 9.10. The Morgan fingerprint density at radius 3 is 1.26 bits per heavy atom. The van der Waals surface area contributed by atoms with Crippen molar-refractivity contribution in [2.24, 2.45) is 0 Å². The van der Waals surface area contributed by atoms with Gasteiger partial charge in [-0.25, -0.2) is 9.97 Å². The molecule has 0 unspecified atom stereocenters. The molecular weight excluding hydrogens is 693 g/mol. The number of benzene rings is 4. The van der Waals surface area contributed by atoms with Gasteiger partial charge in [-0.1, -0.05) is 74.7 Å². The van der Waals surface area contributed by atoms with Crippen LogP contribution in [-0.2, 0) is 0 Å². The first-order valence-electron chi connectivity index (χ1n) is 18.5. The highest BCUT2D eigenvalue weighted by molar-refractivity contribution is 7.13. The Morgan fingerprint density at radius 2 is 0.870 bits per heavy atom. The van der Waals surface area contributed by atoms with Gasteiger partial charge in [-0.2, -0.15) is 0 Å². The number of pyridine rings is 4. The third kappa shape index (κ3) is 4.76. The molecule has 0 amide bonds. The van der Waals surface area contributed by atoms with Gasteiger partial charge in [-0.3, -0.25) is 19.8 Å². The summed E-state index contributed by atoms with van der Waals surface area (Å²) in [5, 5.41) is 8.85. The van der Waals surface area contributed by atoms with E-state index in [4.69, 9.17) is 9.97 Å². The topological polar surface area (TPSA) is 58.0 Å². The van der Waals surface area contributed by atoms with E-state index in [9.17, 15) is 0 Å². The molecule has 4 aromatic heterocycles. The summed E-state index contributed by atoms with van der Waals surface area (Å²) in [5.74, 6) is 1.75. The van der Waals surface area contributed by atoms with Gasteiger partial charge in [0.25, 0.3) is 0 Å². The smallest absolute Gasteiger partial charge is 0.137 e. The van der Waals surface area contributed by atoms with Crippen LogP contribution >= 0.6 is 0 Å². The van der Waals surface area contributed by atoms with E-state index < -0.39 is 16.1 Å². The van der Waals surface area contributed by atoms with Gasteiger partial charge in [-0.15, -0.1) is 0 Å². The summed E-state index contributed by atoms with van der Waals surface area (Å²) >= 11 is 0. The average molecular weight is 731 g/mol. The molecule has 4 aromatic carbocycles. The third-order valence-corrected chi connectivity index (χ3v) is 18.7. The second-order valence-corrected chi connectivity index (χ2v) is 23.8. The Balaban J connectivity index is 1.18. The zero-order valence-electron chi connectivity index (χ0n) is 30.7. The number of hydrogen-bond donors (Lipinski definition) is 0. The van der Waals surface area contributed by atoms with Crippen molar-refractivity contribution in [3.63, 3.8) is 0 Å². The highest BCUT2D eigenvalue weighted by Crippen LogP contribution is 2.44. The first-order valence-corrected chi connectivity index (χ1v) is 24.5. The highest BCUT2D eigenvalue weighted by Gasteiger charge is 2.49. The summed E-state index contributed by atoms with van der Waals surface area (Å²) in [7, 11) is -4.52. The second-order valence-electron chi connectivity index (χ2n) is 15.2. The summed E-state index contributed by atoms with van der Waals surface area (Å²) in [6.45, 7) is 10.3. The summed E-state index contributed by atoms with van der Waals surface area (Å²) in [6.07, 6.45) is 11.2. The van der Waals surface area contributed by atoms with Crippen LogP contribution in [0.3, 0.4) is 0 Å². The van der Waals surface area contributed by atoms with Crippen LogP contribution in [0, 0.1) is 0 Å². The number of rotatable bonds is 6. The van der Waals surface area contributed by atoms with Crippen molar-refractivity contribution in [1.82, 2.24) is 19.9 Å². The maximum atomic E-state index is 4.79. The Morgan fingerprint density at radius 1 is 0.426 bits per heavy atom. The zero-order valence-corrected chi connectivity index (χ0v) is 32.7. The van der Waals surface area contributed by atoms with Crippen LogP contribution in [0.4, 0.5) is 34.4 Å². The summed E-state index contributed by atoms with van der Waals surface area (Å²) in [5.41, 5.74) is 9.80. The van der Waals surface area contributed by atoms with Crippen molar-refractivity contribution < 1.29 is 0 Å². The normalized spacial score (nSPS) is 14.2. The van der Waals surface area contributed by atoms with E-state index in [1.54, 1.807) is 10.4 Å². The first kappa shape index (κ1) is 32.4. The van der Waals surface area contributed by atoms with Crippen LogP contribution in [0.1, 0.15) is 0 Å². The molecule has 0 N–H and O–H groups in total. The van der Waals surface area contributed by atoms with Gasteiger partial charge in [0, 0.05) is 36.2 Å². The highest BCUT2D eigenvalue weighted by atomic mass is 28.3. The molecule has 8 heteroatoms. The molecule has 0 saturated carbocycles. The monoisotopic (exact) mass is 730 g/mol. The van der Waals surface area contributed by atoms with Crippen molar-refractivity contribution >= 4 is 82.1 Å². The predicted molar refractivity (Wildman–Crippen MR) is 229 cm³/mol. The second kappa shape index (κ2) is 12.2. The molecule has 0 saturated heterocycles. The van der Waals surface area contributed by atoms with Crippen molar-refractivity contribution in [2.45, 2.75) is 26.2 Å². The van der Waals surface area contributed by atoms with E-state index in [1.165, 1.54) is 43.4 Å². The van der Waals surface area contributed by atoms with Gasteiger partial charge in [0.05, 0.1) is 23.8 Å². The molecule has 2 aliphatic heterocycles. The number of fused-ring (bicyclic) bond motifs is 10. The summed E-state index contributed by atoms with van der Waals surface area (Å²) in [6, 6.07) is 43.7.